The lowest BCUT2D eigenvalue weighted by molar-refractivity contribution is -0.122. The van der Waals surface area contributed by atoms with E-state index in [0.717, 1.165) is 47.8 Å². The number of nitrogens with one attached hydrogen (secondary N) is 2. The van der Waals surface area contributed by atoms with E-state index in [0.29, 0.717) is 0 Å². The molecule has 1 aliphatic heterocycles. The van der Waals surface area contributed by atoms with Gasteiger partial charge in [-0.1, -0.05) is 19.1 Å². The van der Waals surface area contributed by atoms with E-state index >= 15 is 0 Å². The molecule has 2 heterocycles. The first kappa shape index (κ1) is 15.2. The van der Waals surface area contributed by atoms with Gasteiger partial charge in [0.2, 0.25) is 5.91 Å². The van der Waals surface area contributed by atoms with E-state index in [4.69, 9.17) is 0 Å². The van der Waals surface area contributed by atoms with E-state index < -0.39 is 5.54 Å². The monoisotopic (exact) mass is 315 g/mol. The van der Waals surface area contributed by atoms with Gasteiger partial charge in [0.1, 0.15) is 0 Å². The van der Waals surface area contributed by atoms with Gasteiger partial charge in [-0.25, -0.2) is 4.98 Å². The second-order valence-corrected chi connectivity index (χ2v) is 6.81. The van der Waals surface area contributed by atoms with E-state index in [1.807, 2.05) is 31.2 Å². The summed E-state index contributed by atoms with van der Waals surface area (Å²) in [6.45, 7) is 4.98. The predicted molar refractivity (Wildman–Crippen MR) is 91.2 cm³/mol. The molecule has 2 aromatic rings. The summed E-state index contributed by atoms with van der Waals surface area (Å²) in [6, 6.07) is 7.90. The minimum atomic E-state index is -0.398. The zero-order valence-corrected chi connectivity index (χ0v) is 13.8. The highest BCUT2D eigenvalue weighted by Gasteiger charge is 2.38. The molecule has 116 valence electrons. The molecule has 1 saturated heterocycles. The van der Waals surface area contributed by atoms with Crippen LogP contribution in [-0.2, 0) is 4.79 Å². The molecule has 0 aliphatic carbocycles. The normalized spacial score (nSPS) is 21.0. The quantitative estimate of drug-likeness (QED) is 0.906. The summed E-state index contributed by atoms with van der Waals surface area (Å²) >= 11 is 1.64. The first-order chi connectivity index (χ1) is 10.6. The third kappa shape index (κ3) is 2.91. The lowest BCUT2D eigenvalue weighted by atomic mass is 9.93. The van der Waals surface area contributed by atoms with Gasteiger partial charge in [0.25, 0.3) is 0 Å². The topological polar surface area (TPSA) is 54.0 Å². The Labute approximate surface area is 135 Å². The number of carbonyl (C=O) groups excluding carboxylic acids is 1. The molecule has 1 aromatic heterocycles. The molecule has 0 saturated carbocycles. The largest absolute Gasteiger partial charge is 0.324 e. The van der Waals surface area contributed by atoms with Crippen molar-refractivity contribution in [3.8, 4) is 11.3 Å². The first-order valence-electron chi connectivity index (χ1n) is 7.72. The number of carbonyl (C=O) groups is 1. The van der Waals surface area contributed by atoms with Gasteiger partial charge in [-0.2, -0.15) is 0 Å². The summed E-state index contributed by atoms with van der Waals surface area (Å²) in [5, 5.41) is 9.51. The number of aromatic nitrogens is 1. The van der Waals surface area contributed by atoms with Crippen LogP contribution in [0, 0.1) is 6.92 Å². The van der Waals surface area contributed by atoms with Crippen LogP contribution in [0.5, 0.6) is 0 Å². The Bertz CT molecular complexity index is 657. The van der Waals surface area contributed by atoms with Crippen molar-refractivity contribution >= 4 is 22.9 Å². The van der Waals surface area contributed by atoms with Gasteiger partial charge in [0.05, 0.1) is 16.2 Å². The van der Waals surface area contributed by atoms with Gasteiger partial charge < -0.3 is 10.6 Å². The molecule has 1 amide bonds. The van der Waals surface area contributed by atoms with Crippen LogP contribution in [-0.4, -0.2) is 23.0 Å². The van der Waals surface area contributed by atoms with Gasteiger partial charge in [0, 0.05) is 16.6 Å². The van der Waals surface area contributed by atoms with Crippen molar-refractivity contribution in [2.75, 3.05) is 11.9 Å². The lowest BCUT2D eigenvalue weighted by Gasteiger charge is -2.26. The maximum absolute atomic E-state index is 12.5. The second-order valence-electron chi connectivity index (χ2n) is 5.75. The highest BCUT2D eigenvalue weighted by atomic mass is 32.1. The van der Waals surface area contributed by atoms with Crippen LogP contribution in [0.25, 0.3) is 11.3 Å². The van der Waals surface area contributed by atoms with E-state index in [9.17, 15) is 4.79 Å². The number of thiazole rings is 1. The van der Waals surface area contributed by atoms with Gasteiger partial charge >= 0.3 is 0 Å². The molecule has 0 spiro atoms. The van der Waals surface area contributed by atoms with Gasteiger partial charge in [-0.3, -0.25) is 4.79 Å². The number of aryl methyl sites for hydroxylation is 1. The Hall–Kier alpha value is -1.72. The van der Waals surface area contributed by atoms with Crippen molar-refractivity contribution in [2.24, 2.45) is 0 Å². The number of nitrogens with zero attached hydrogens (tertiary/aromatic N) is 1. The number of anilines is 1. The van der Waals surface area contributed by atoms with Crippen molar-refractivity contribution in [2.45, 2.75) is 38.6 Å². The standard InChI is InChI=1S/C17H21N3OS/c1-3-17(9-4-10-18-17)16(21)20-14-7-5-13(6-8-14)15-11-22-12(2)19-15/h5-8,11,18H,3-4,9-10H2,1-2H3,(H,20,21). The first-order valence-corrected chi connectivity index (χ1v) is 8.60. The highest BCUT2D eigenvalue weighted by molar-refractivity contribution is 7.09. The molecule has 22 heavy (non-hydrogen) atoms. The maximum atomic E-state index is 12.5. The molecule has 3 rings (SSSR count). The van der Waals surface area contributed by atoms with Crippen molar-refractivity contribution in [1.29, 1.82) is 0 Å². The molecular formula is C17H21N3OS. The van der Waals surface area contributed by atoms with Gasteiger partial charge in [-0.05, 0) is 44.9 Å². The third-order valence-corrected chi connectivity index (χ3v) is 5.11. The smallest absolute Gasteiger partial charge is 0.244 e. The molecule has 2 N–H and O–H groups in total. The zero-order valence-electron chi connectivity index (χ0n) is 13.0. The highest BCUT2D eigenvalue weighted by Crippen LogP contribution is 2.26. The predicted octanol–water partition coefficient (Wildman–Crippen LogP) is 3.59. The summed E-state index contributed by atoms with van der Waals surface area (Å²) in [4.78, 5) is 17.0. The Morgan fingerprint density at radius 2 is 2.18 bits per heavy atom. The van der Waals surface area contributed by atoms with Crippen LogP contribution >= 0.6 is 11.3 Å². The zero-order chi connectivity index (χ0) is 15.6. The van der Waals surface area contributed by atoms with Crippen molar-refractivity contribution in [1.82, 2.24) is 10.3 Å². The minimum absolute atomic E-state index is 0.0738. The summed E-state index contributed by atoms with van der Waals surface area (Å²) in [5.41, 5.74) is 2.50. The number of hydrogen-bond donors (Lipinski definition) is 2. The fourth-order valence-corrected chi connectivity index (χ4v) is 3.56. The molecule has 0 radical (unpaired) electrons. The van der Waals surface area contributed by atoms with Crippen LogP contribution in [0.3, 0.4) is 0 Å². The second kappa shape index (κ2) is 6.18. The van der Waals surface area contributed by atoms with Crippen molar-refractivity contribution in [3.63, 3.8) is 0 Å². The van der Waals surface area contributed by atoms with Crippen LogP contribution in [0.15, 0.2) is 29.6 Å². The van der Waals surface area contributed by atoms with E-state index in [2.05, 4.69) is 27.9 Å². The van der Waals surface area contributed by atoms with Crippen LogP contribution in [0.4, 0.5) is 5.69 Å². The van der Waals surface area contributed by atoms with Crippen LogP contribution < -0.4 is 10.6 Å². The van der Waals surface area contributed by atoms with Crippen LogP contribution in [0.1, 0.15) is 31.2 Å². The fraction of sp³-hybridized carbons (Fsp3) is 0.412. The van der Waals surface area contributed by atoms with Crippen molar-refractivity contribution in [3.05, 3.63) is 34.7 Å². The van der Waals surface area contributed by atoms with Crippen LogP contribution in [0.2, 0.25) is 0 Å². The Kier molecular flexibility index (Phi) is 4.27. The minimum Gasteiger partial charge on any atom is -0.324 e. The number of rotatable bonds is 4. The van der Waals surface area contributed by atoms with Gasteiger partial charge in [-0.15, -0.1) is 11.3 Å². The molecule has 1 aliphatic rings. The Morgan fingerprint density at radius 1 is 1.41 bits per heavy atom. The summed E-state index contributed by atoms with van der Waals surface area (Å²) in [6.07, 6.45) is 2.78. The Balaban J connectivity index is 1.72. The molecule has 0 bridgehead atoms. The van der Waals surface area contributed by atoms with Crippen molar-refractivity contribution < 1.29 is 4.79 Å². The van der Waals surface area contributed by atoms with E-state index in [1.165, 1.54) is 0 Å². The average molecular weight is 315 g/mol. The average Bonchev–Trinajstić information content (AvgIpc) is 3.17. The Morgan fingerprint density at radius 3 is 2.73 bits per heavy atom. The number of amides is 1. The molecule has 1 atom stereocenters. The number of hydrogen-bond acceptors (Lipinski definition) is 4. The maximum Gasteiger partial charge on any atom is 0.244 e. The molecule has 1 fully saturated rings. The molecule has 1 unspecified atom stereocenters. The summed E-state index contributed by atoms with van der Waals surface area (Å²) < 4.78 is 0. The third-order valence-electron chi connectivity index (χ3n) is 4.34. The molecule has 5 heteroatoms. The van der Waals surface area contributed by atoms with Gasteiger partial charge in [0.15, 0.2) is 0 Å². The summed E-state index contributed by atoms with van der Waals surface area (Å²) in [7, 11) is 0. The fourth-order valence-electron chi connectivity index (χ4n) is 2.93. The molecular weight excluding hydrogens is 294 g/mol. The molecule has 1 aromatic carbocycles. The van der Waals surface area contributed by atoms with E-state index in [1.54, 1.807) is 11.3 Å². The summed E-state index contributed by atoms with van der Waals surface area (Å²) in [5.74, 6) is 0.0738. The number of benzene rings is 1. The lowest BCUT2D eigenvalue weighted by Crippen LogP contribution is -2.50. The molecule has 4 nitrogen and oxygen atoms in total. The SMILES string of the molecule is CCC1(C(=O)Nc2ccc(-c3csc(C)n3)cc2)CCCN1. The van der Waals surface area contributed by atoms with E-state index in [-0.39, 0.29) is 5.91 Å².